The van der Waals surface area contributed by atoms with Gasteiger partial charge in [0, 0.05) is 10.3 Å². The first kappa shape index (κ1) is 27.3. The molecule has 0 fully saturated rings. The molecule has 1 amide bonds. The van der Waals surface area contributed by atoms with Gasteiger partial charge < -0.3 is 14.8 Å². The summed E-state index contributed by atoms with van der Waals surface area (Å²) in [5, 5.41) is 4.83. The maximum atomic E-state index is 13.7. The van der Waals surface area contributed by atoms with E-state index in [0.29, 0.717) is 18.0 Å². The number of hydrogen-bond donors (Lipinski definition) is 1. The Morgan fingerprint density at radius 2 is 1.55 bits per heavy atom. The van der Waals surface area contributed by atoms with Crippen LogP contribution in [0.15, 0.2) is 101 Å². The Hall–Kier alpha value is -3.69. The lowest BCUT2D eigenvalue weighted by atomic mass is 10.1. The summed E-state index contributed by atoms with van der Waals surface area (Å²) in [5.41, 5.74) is 0.297. The molecule has 0 saturated heterocycles. The monoisotopic (exact) mass is 550 g/mol. The molecule has 0 spiro atoms. The van der Waals surface area contributed by atoms with E-state index in [1.807, 2.05) is 55.6 Å². The number of fused-ring (bicyclic) bond motifs is 1. The minimum Gasteiger partial charge on any atom is -0.492 e. The quantitative estimate of drug-likeness (QED) is 0.189. The number of nitrogens with one attached hydrogen (secondary N) is 1. The molecular weight excluding hydrogens is 520 g/mol. The van der Waals surface area contributed by atoms with Crippen molar-refractivity contribution in [3.63, 3.8) is 0 Å². The SMILES string of the molecule is CCOc1ccccc1N(CC(=O)NCCOc1cccc2ccccc12)S(=O)(=O)c1ccc(SC)cc1. The second-order valence-corrected chi connectivity index (χ2v) is 11.0. The van der Waals surface area contributed by atoms with Gasteiger partial charge in [0.2, 0.25) is 5.91 Å². The molecule has 0 aromatic heterocycles. The van der Waals surface area contributed by atoms with E-state index in [1.165, 1.54) is 11.8 Å². The molecule has 9 heteroatoms. The number of thioether (sulfide) groups is 1. The van der Waals surface area contributed by atoms with Gasteiger partial charge in [-0.05, 0) is 61.0 Å². The Bertz CT molecular complexity index is 1490. The molecule has 0 aliphatic carbocycles. The van der Waals surface area contributed by atoms with Crippen LogP contribution >= 0.6 is 11.8 Å². The predicted octanol–water partition coefficient (Wildman–Crippen LogP) is 5.35. The number of hydrogen-bond acceptors (Lipinski definition) is 6. The number of benzene rings is 4. The molecule has 38 heavy (non-hydrogen) atoms. The van der Waals surface area contributed by atoms with Gasteiger partial charge in [-0.25, -0.2) is 8.42 Å². The van der Waals surface area contributed by atoms with Crippen molar-refractivity contribution in [1.29, 1.82) is 0 Å². The van der Waals surface area contributed by atoms with Gasteiger partial charge in [-0.3, -0.25) is 9.10 Å². The summed E-state index contributed by atoms with van der Waals surface area (Å²) in [6.07, 6.45) is 1.92. The third-order valence-electron chi connectivity index (χ3n) is 5.80. The van der Waals surface area contributed by atoms with Gasteiger partial charge in [-0.15, -0.1) is 11.8 Å². The molecule has 1 N–H and O–H groups in total. The number of rotatable bonds is 12. The van der Waals surface area contributed by atoms with Crippen LogP contribution in [-0.4, -0.2) is 46.9 Å². The number of carbonyl (C=O) groups is 1. The van der Waals surface area contributed by atoms with Crippen molar-refractivity contribution >= 4 is 44.2 Å². The van der Waals surface area contributed by atoms with Crippen LogP contribution in [0, 0.1) is 0 Å². The number of carbonyl (C=O) groups excluding carboxylic acids is 1. The Balaban J connectivity index is 1.50. The highest BCUT2D eigenvalue weighted by Gasteiger charge is 2.29. The van der Waals surface area contributed by atoms with Crippen molar-refractivity contribution < 1.29 is 22.7 Å². The van der Waals surface area contributed by atoms with E-state index in [4.69, 9.17) is 9.47 Å². The highest BCUT2D eigenvalue weighted by molar-refractivity contribution is 7.98. The first-order valence-electron chi connectivity index (χ1n) is 12.2. The molecule has 0 heterocycles. The first-order chi connectivity index (χ1) is 18.4. The molecule has 198 valence electrons. The van der Waals surface area contributed by atoms with Crippen molar-refractivity contribution in [2.75, 3.05) is 36.9 Å². The molecule has 0 aliphatic rings. The van der Waals surface area contributed by atoms with Crippen LogP contribution in [0.4, 0.5) is 5.69 Å². The van der Waals surface area contributed by atoms with Crippen LogP contribution < -0.4 is 19.1 Å². The van der Waals surface area contributed by atoms with E-state index in [1.54, 1.807) is 48.5 Å². The van der Waals surface area contributed by atoms with E-state index >= 15 is 0 Å². The van der Waals surface area contributed by atoms with Gasteiger partial charge in [0.05, 0.1) is 23.7 Å². The zero-order valence-electron chi connectivity index (χ0n) is 21.3. The smallest absolute Gasteiger partial charge is 0.264 e. The lowest BCUT2D eigenvalue weighted by molar-refractivity contribution is -0.119. The Labute approximate surface area is 227 Å². The number of nitrogens with zero attached hydrogens (tertiary/aromatic N) is 1. The minimum atomic E-state index is -4.06. The lowest BCUT2D eigenvalue weighted by Gasteiger charge is -2.26. The van der Waals surface area contributed by atoms with Gasteiger partial charge in [0.1, 0.15) is 24.7 Å². The van der Waals surface area contributed by atoms with Crippen molar-refractivity contribution in [3.8, 4) is 11.5 Å². The van der Waals surface area contributed by atoms with Gasteiger partial charge in [-0.1, -0.05) is 48.5 Å². The van der Waals surface area contributed by atoms with Crippen LogP contribution in [0.2, 0.25) is 0 Å². The molecule has 4 rings (SSSR count). The molecular formula is C29H30N2O5S2. The number of para-hydroxylation sites is 2. The Kier molecular flexibility index (Phi) is 9.15. The van der Waals surface area contributed by atoms with Crippen LogP contribution in [0.5, 0.6) is 11.5 Å². The fraction of sp³-hybridized carbons (Fsp3) is 0.207. The van der Waals surface area contributed by atoms with Gasteiger partial charge >= 0.3 is 0 Å². The predicted molar refractivity (Wildman–Crippen MR) is 153 cm³/mol. The lowest BCUT2D eigenvalue weighted by Crippen LogP contribution is -2.42. The highest BCUT2D eigenvalue weighted by atomic mass is 32.2. The second kappa shape index (κ2) is 12.7. The molecule has 7 nitrogen and oxygen atoms in total. The molecule has 0 bridgehead atoms. The third-order valence-corrected chi connectivity index (χ3v) is 8.32. The highest BCUT2D eigenvalue weighted by Crippen LogP contribution is 2.33. The summed E-state index contributed by atoms with van der Waals surface area (Å²) in [6, 6.07) is 27.1. The Morgan fingerprint density at radius 1 is 0.868 bits per heavy atom. The fourth-order valence-electron chi connectivity index (χ4n) is 3.97. The van der Waals surface area contributed by atoms with Gasteiger partial charge in [0.25, 0.3) is 10.0 Å². The maximum Gasteiger partial charge on any atom is 0.264 e. The zero-order valence-corrected chi connectivity index (χ0v) is 22.9. The average Bonchev–Trinajstić information content (AvgIpc) is 2.94. The summed E-state index contributed by atoms with van der Waals surface area (Å²) in [4.78, 5) is 14.0. The molecule has 0 saturated carbocycles. The molecule has 0 radical (unpaired) electrons. The van der Waals surface area contributed by atoms with Crippen LogP contribution in [-0.2, 0) is 14.8 Å². The third kappa shape index (κ3) is 6.41. The zero-order chi connectivity index (χ0) is 27.0. The van der Waals surface area contributed by atoms with E-state index in [-0.39, 0.29) is 18.0 Å². The number of anilines is 1. The van der Waals surface area contributed by atoms with E-state index in [2.05, 4.69) is 5.32 Å². The number of sulfonamides is 1. The van der Waals surface area contributed by atoms with Crippen LogP contribution in [0.1, 0.15) is 6.92 Å². The number of ether oxygens (including phenoxy) is 2. The second-order valence-electron chi connectivity index (χ2n) is 8.26. The first-order valence-corrected chi connectivity index (χ1v) is 14.9. The maximum absolute atomic E-state index is 13.7. The number of amides is 1. The summed E-state index contributed by atoms with van der Waals surface area (Å²) < 4.78 is 40.1. The molecule has 0 aliphatic heterocycles. The summed E-state index contributed by atoms with van der Waals surface area (Å²) >= 11 is 1.52. The van der Waals surface area contributed by atoms with Crippen LogP contribution in [0.3, 0.4) is 0 Å². The summed E-state index contributed by atoms with van der Waals surface area (Å²) in [6.45, 7) is 2.21. The summed E-state index contributed by atoms with van der Waals surface area (Å²) in [7, 11) is -4.06. The normalized spacial score (nSPS) is 11.2. The van der Waals surface area contributed by atoms with Gasteiger partial charge in [-0.2, -0.15) is 0 Å². The Morgan fingerprint density at radius 3 is 2.32 bits per heavy atom. The average molecular weight is 551 g/mol. The topological polar surface area (TPSA) is 84.9 Å². The van der Waals surface area contributed by atoms with Crippen LogP contribution in [0.25, 0.3) is 10.8 Å². The standard InChI is InChI=1S/C29H30N2O5S2/c1-3-35-28-13-7-6-12-26(28)31(38(33,34)24-17-15-23(37-2)16-18-24)21-29(32)30-19-20-36-27-14-8-10-22-9-4-5-11-25(22)27/h4-18H,3,19-21H2,1-2H3,(H,30,32). The molecule has 4 aromatic carbocycles. The van der Waals surface area contributed by atoms with Crippen molar-refractivity contribution in [3.05, 3.63) is 91.0 Å². The van der Waals surface area contributed by atoms with Crippen molar-refractivity contribution in [2.45, 2.75) is 16.7 Å². The van der Waals surface area contributed by atoms with Gasteiger partial charge in [0.15, 0.2) is 0 Å². The molecule has 0 atom stereocenters. The van der Waals surface area contributed by atoms with Crippen molar-refractivity contribution in [1.82, 2.24) is 5.32 Å². The summed E-state index contributed by atoms with van der Waals surface area (Å²) in [5.74, 6) is 0.648. The van der Waals surface area contributed by atoms with E-state index < -0.39 is 22.5 Å². The van der Waals surface area contributed by atoms with E-state index in [0.717, 1.165) is 25.7 Å². The largest absolute Gasteiger partial charge is 0.492 e. The fourth-order valence-corrected chi connectivity index (χ4v) is 5.81. The minimum absolute atomic E-state index is 0.0914. The molecule has 0 unspecified atom stereocenters. The van der Waals surface area contributed by atoms with E-state index in [9.17, 15) is 13.2 Å². The molecule has 4 aromatic rings. The van der Waals surface area contributed by atoms with Crippen molar-refractivity contribution in [2.24, 2.45) is 0 Å².